The number of esters is 1. The van der Waals surface area contributed by atoms with E-state index in [0.29, 0.717) is 23.1 Å². The first-order valence-electron chi connectivity index (χ1n) is 11.2. The van der Waals surface area contributed by atoms with Crippen molar-refractivity contribution in [1.82, 2.24) is 4.90 Å². The highest BCUT2D eigenvalue weighted by Gasteiger charge is 2.68. The number of allylic oxidation sites excluding steroid dienone is 2. The molecule has 1 aliphatic heterocycles. The fourth-order valence-corrected chi connectivity index (χ4v) is 6.01. The number of nitrogens with zero attached hydrogens (tertiary/aromatic N) is 1. The van der Waals surface area contributed by atoms with Crippen LogP contribution < -0.4 is 4.74 Å². The van der Waals surface area contributed by atoms with E-state index in [9.17, 15) is 19.2 Å². The summed E-state index contributed by atoms with van der Waals surface area (Å²) < 4.78 is 10.4. The van der Waals surface area contributed by atoms with E-state index in [1.54, 1.807) is 38.1 Å². The van der Waals surface area contributed by atoms with Crippen LogP contribution in [0.1, 0.15) is 30.6 Å². The highest BCUT2D eigenvalue weighted by molar-refractivity contribution is 6.09. The molecule has 7 atom stereocenters. The van der Waals surface area contributed by atoms with Crippen molar-refractivity contribution in [3.05, 3.63) is 42.0 Å². The van der Waals surface area contributed by atoms with Gasteiger partial charge in [-0.1, -0.05) is 26.0 Å². The fraction of sp³-hybridized carbons (Fsp3) is 0.520. The molecule has 6 rings (SSSR count). The zero-order valence-corrected chi connectivity index (χ0v) is 18.4. The number of likely N-dealkylation sites (tertiary alicyclic amines) is 1. The largest absolute Gasteiger partial charge is 0.497 e. The summed E-state index contributed by atoms with van der Waals surface area (Å²) in [6.45, 7) is 3.11. The van der Waals surface area contributed by atoms with Gasteiger partial charge in [-0.2, -0.15) is 0 Å². The molecule has 0 aromatic heterocycles. The number of Topliss-reactive ketones (excluding diaryl/α,β-unsaturated/α-hetero) is 1. The Kier molecular flexibility index (Phi) is 4.95. The van der Waals surface area contributed by atoms with Crippen molar-refractivity contribution in [2.24, 2.45) is 41.4 Å². The lowest BCUT2D eigenvalue weighted by molar-refractivity contribution is -0.160. The summed E-state index contributed by atoms with van der Waals surface area (Å²) in [4.78, 5) is 53.3. The number of carbonyl (C=O) groups excluding carboxylic acids is 4. The molecule has 0 spiro atoms. The Morgan fingerprint density at radius 3 is 2.06 bits per heavy atom. The molecule has 168 valence electrons. The number of carbonyl (C=O) groups is 4. The van der Waals surface area contributed by atoms with E-state index in [1.807, 2.05) is 0 Å². The van der Waals surface area contributed by atoms with Gasteiger partial charge in [0.15, 0.2) is 12.4 Å². The maximum Gasteiger partial charge on any atom is 0.330 e. The second-order valence-electron chi connectivity index (χ2n) is 9.65. The quantitative estimate of drug-likeness (QED) is 0.282. The third-order valence-electron chi connectivity index (χ3n) is 7.61. The van der Waals surface area contributed by atoms with Crippen LogP contribution in [0.15, 0.2) is 36.4 Å². The number of imide groups is 1. The number of hydrogen-bond donors (Lipinski definition) is 0. The Bertz CT molecular complexity index is 976. The van der Waals surface area contributed by atoms with Crippen LogP contribution in [0.5, 0.6) is 5.75 Å². The van der Waals surface area contributed by atoms with Crippen molar-refractivity contribution in [2.75, 3.05) is 13.7 Å². The molecule has 0 unspecified atom stereocenters. The van der Waals surface area contributed by atoms with Crippen LogP contribution in [-0.4, -0.2) is 48.2 Å². The highest BCUT2D eigenvalue weighted by Crippen LogP contribution is 2.65. The lowest BCUT2D eigenvalue weighted by Gasteiger charge is -2.37. The van der Waals surface area contributed by atoms with Gasteiger partial charge in [0.25, 0.3) is 0 Å². The average Bonchev–Trinajstić information content (AvgIpc) is 3.58. The van der Waals surface area contributed by atoms with E-state index < -0.39 is 18.6 Å². The van der Waals surface area contributed by atoms with Crippen molar-refractivity contribution < 1.29 is 28.7 Å². The fourth-order valence-electron chi connectivity index (χ4n) is 6.01. The number of benzene rings is 1. The molecule has 1 saturated heterocycles. The molecule has 32 heavy (non-hydrogen) atoms. The normalized spacial score (nSPS) is 32.6. The third-order valence-corrected chi connectivity index (χ3v) is 7.61. The van der Waals surface area contributed by atoms with E-state index in [1.165, 1.54) is 7.11 Å². The topological polar surface area (TPSA) is 90.0 Å². The third kappa shape index (κ3) is 3.09. The smallest absolute Gasteiger partial charge is 0.330 e. The molecule has 3 fully saturated rings. The summed E-state index contributed by atoms with van der Waals surface area (Å²) in [7, 11) is 1.53. The van der Waals surface area contributed by atoms with Gasteiger partial charge >= 0.3 is 5.97 Å². The summed E-state index contributed by atoms with van der Waals surface area (Å²) in [6, 6.07) is 5.48. The molecule has 7 heteroatoms. The predicted octanol–water partition coefficient (Wildman–Crippen LogP) is 2.50. The SMILES string of the molecule is COc1ccc(C(=O)COC(=O)[C@@H](C(C)C)N2C(=O)[C@@H]3[C@@H]4C=C[C@H]([C@H]5C[C@H]45)[C@@H]3C2=O)cc1. The second kappa shape index (κ2) is 7.57. The molecule has 1 aromatic rings. The molecule has 7 nitrogen and oxygen atoms in total. The van der Waals surface area contributed by atoms with E-state index in [4.69, 9.17) is 9.47 Å². The molecule has 1 aromatic carbocycles. The number of rotatable bonds is 7. The van der Waals surface area contributed by atoms with Crippen molar-refractivity contribution in [3.8, 4) is 5.75 Å². The number of methoxy groups -OCH3 is 1. The zero-order chi connectivity index (χ0) is 22.7. The first-order valence-corrected chi connectivity index (χ1v) is 11.2. The molecule has 0 N–H and O–H groups in total. The van der Waals surface area contributed by atoms with Crippen LogP contribution in [0, 0.1) is 41.4 Å². The lowest BCUT2D eigenvalue weighted by Crippen LogP contribution is -2.49. The van der Waals surface area contributed by atoms with E-state index >= 15 is 0 Å². The van der Waals surface area contributed by atoms with Crippen molar-refractivity contribution >= 4 is 23.6 Å². The van der Waals surface area contributed by atoms with Crippen LogP contribution >= 0.6 is 0 Å². The molecule has 1 heterocycles. The van der Waals surface area contributed by atoms with Gasteiger partial charge in [0.1, 0.15) is 11.8 Å². The molecular formula is C25H27NO6. The van der Waals surface area contributed by atoms with Crippen molar-refractivity contribution in [3.63, 3.8) is 0 Å². The second-order valence-corrected chi connectivity index (χ2v) is 9.65. The molecule has 2 saturated carbocycles. The van der Waals surface area contributed by atoms with Crippen LogP contribution in [0.2, 0.25) is 0 Å². The van der Waals surface area contributed by atoms with E-state index in [2.05, 4.69) is 12.2 Å². The summed E-state index contributed by atoms with van der Waals surface area (Å²) in [5.41, 5.74) is 0.390. The molecule has 2 amide bonds. The monoisotopic (exact) mass is 437 g/mol. The standard InChI is InChI=1S/C25H27NO6/c1-12(2)22(25(30)32-11-19(27)13-4-6-14(31-3)7-5-13)26-23(28)20-15-8-9-16(18-10-17(15)18)21(20)24(26)29/h4-9,12,15-18,20-22H,10-11H2,1-3H3/t15-,16-,17-,18-,20-,21+,22-/m1/s1. The molecule has 5 aliphatic rings. The summed E-state index contributed by atoms with van der Waals surface area (Å²) >= 11 is 0. The van der Waals surface area contributed by atoms with Gasteiger partial charge in [-0.15, -0.1) is 0 Å². The average molecular weight is 437 g/mol. The number of amides is 2. The maximum atomic E-state index is 13.4. The van der Waals surface area contributed by atoms with Crippen molar-refractivity contribution in [1.29, 1.82) is 0 Å². The van der Waals surface area contributed by atoms with Crippen molar-refractivity contribution in [2.45, 2.75) is 26.3 Å². The van der Waals surface area contributed by atoms with Crippen LogP contribution in [-0.2, 0) is 19.1 Å². The predicted molar refractivity (Wildman–Crippen MR) is 113 cm³/mol. The van der Waals surface area contributed by atoms with Gasteiger partial charge < -0.3 is 9.47 Å². The van der Waals surface area contributed by atoms with E-state index in [-0.39, 0.29) is 47.2 Å². The van der Waals surface area contributed by atoms with Gasteiger partial charge in [0, 0.05) is 5.56 Å². The number of hydrogen-bond acceptors (Lipinski definition) is 6. The Labute approximate surface area is 186 Å². The van der Waals surface area contributed by atoms with Crippen LogP contribution in [0.4, 0.5) is 0 Å². The Morgan fingerprint density at radius 1 is 1.00 bits per heavy atom. The number of ketones is 1. The van der Waals surface area contributed by atoms with Gasteiger partial charge in [-0.25, -0.2) is 4.79 Å². The summed E-state index contributed by atoms with van der Waals surface area (Å²) in [5, 5.41) is 0. The van der Waals surface area contributed by atoms with E-state index in [0.717, 1.165) is 11.3 Å². The van der Waals surface area contributed by atoms with Gasteiger partial charge in [0.05, 0.1) is 18.9 Å². The van der Waals surface area contributed by atoms with Crippen LogP contribution in [0.25, 0.3) is 0 Å². The maximum absolute atomic E-state index is 13.4. The lowest BCUT2D eigenvalue weighted by atomic mass is 9.63. The molecule has 0 radical (unpaired) electrons. The Morgan fingerprint density at radius 2 is 1.56 bits per heavy atom. The highest BCUT2D eigenvalue weighted by atomic mass is 16.5. The molecule has 2 bridgehead atoms. The minimum absolute atomic E-state index is 0.0944. The first-order chi connectivity index (χ1) is 15.3. The Hall–Kier alpha value is -2.96. The van der Waals surface area contributed by atoms with Gasteiger partial charge in [0.2, 0.25) is 11.8 Å². The molecular weight excluding hydrogens is 410 g/mol. The molecule has 4 aliphatic carbocycles. The van der Waals surface area contributed by atoms with Crippen LogP contribution in [0.3, 0.4) is 0 Å². The Balaban J connectivity index is 1.30. The summed E-state index contributed by atoms with van der Waals surface area (Å²) in [6.07, 6.45) is 5.29. The first kappa shape index (κ1) is 20.9. The van der Waals surface area contributed by atoms with Gasteiger partial charge in [-0.3, -0.25) is 19.3 Å². The minimum atomic E-state index is -1.03. The zero-order valence-electron chi connectivity index (χ0n) is 18.4. The number of ether oxygens (including phenoxy) is 2. The van der Waals surface area contributed by atoms with Gasteiger partial charge in [-0.05, 0) is 60.3 Å². The minimum Gasteiger partial charge on any atom is -0.497 e. The summed E-state index contributed by atoms with van der Waals surface area (Å²) in [5.74, 6) is -0.862.